The summed E-state index contributed by atoms with van der Waals surface area (Å²) >= 11 is 0. The highest BCUT2D eigenvalue weighted by Crippen LogP contribution is 2.32. The molecule has 1 aromatic carbocycles. The van der Waals surface area contributed by atoms with Gasteiger partial charge < -0.3 is 14.4 Å². The molecule has 2 saturated heterocycles. The molecule has 2 aliphatic heterocycles. The van der Waals surface area contributed by atoms with E-state index in [4.69, 9.17) is 24.4 Å². The predicted octanol–water partition coefficient (Wildman–Crippen LogP) is 4.24. The number of likely N-dealkylation sites (tertiary alicyclic amines) is 1. The summed E-state index contributed by atoms with van der Waals surface area (Å²) in [5.41, 5.74) is 3.13. The number of piperidine rings is 1. The molecule has 8 heteroatoms. The molecule has 1 atom stereocenters. The van der Waals surface area contributed by atoms with Crippen LogP contribution in [0.25, 0.3) is 0 Å². The molecule has 0 aliphatic carbocycles. The van der Waals surface area contributed by atoms with E-state index in [9.17, 15) is 0 Å². The van der Waals surface area contributed by atoms with Crippen molar-refractivity contribution in [3.63, 3.8) is 0 Å². The topological polar surface area (TPSA) is 76.5 Å². The van der Waals surface area contributed by atoms with Crippen molar-refractivity contribution in [2.45, 2.75) is 45.7 Å². The van der Waals surface area contributed by atoms with Crippen molar-refractivity contribution in [1.82, 2.24) is 24.8 Å². The minimum atomic E-state index is 0.135. The molecule has 178 valence electrons. The molecule has 0 spiro atoms. The molecule has 34 heavy (non-hydrogen) atoms. The molecule has 0 bridgehead atoms. The van der Waals surface area contributed by atoms with Crippen LogP contribution in [0.1, 0.15) is 48.1 Å². The first-order chi connectivity index (χ1) is 16.6. The Morgan fingerprint density at radius 1 is 0.971 bits per heavy atom. The van der Waals surface area contributed by atoms with Crippen LogP contribution in [-0.4, -0.2) is 57.7 Å². The van der Waals surface area contributed by atoms with Crippen LogP contribution < -0.4 is 9.64 Å². The van der Waals surface area contributed by atoms with E-state index >= 15 is 0 Å². The molecule has 3 aromatic rings. The van der Waals surface area contributed by atoms with Gasteiger partial charge in [0.05, 0.1) is 24.9 Å². The Balaban J connectivity index is 1.34. The lowest BCUT2D eigenvalue weighted by Gasteiger charge is -2.34. The fourth-order valence-corrected chi connectivity index (χ4v) is 4.56. The minimum Gasteiger partial charge on any atom is -0.439 e. The van der Waals surface area contributed by atoms with Gasteiger partial charge in [-0.15, -0.1) is 0 Å². The van der Waals surface area contributed by atoms with Gasteiger partial charge in [-0.05, 0) is 51.4 Å². The van der Waals surface area contributed by atoms with E-state index in [-0.39, 0.29) is 6.04 Å². The van der Waals surface area contributed by atoms with Gasteiger partial charge in [-0.1, -0.05) is 24.1 Å². The molecule has 0 N–H and O–H groups in total. The van der Waals surface area contributed by atoms with Gasteiger partial charge >= 0.3 is 0 Å². The zero-order valence-corrected chi connectivity index (χ0v) is 20.0. The second-order valence-electron chi connectivity index (χ2n) is 9.05. The van der Waals surface area contributed by atoms with Gasteiger partial charge in [-0.3, -0.25) is 4.90 Å². The highest BCUT2D eigenvalue weighted by molar-refractivity contribution is 5.32. The Morgan fingerprint density at radius 3 is 2.62 bits per heavy atom. The summed E-state index contributed by atoms with van der Waals surface area (Å²) < 4.78 is 11.5. The number of ether oxygens (including phenoxy) is 2. The standard InChI is InChI=1S/C26H32N6O2/c1-19-6-8-22(9-7-19)34-24-17-20(2)28-25(30-24)23-5-3-4-12-32(23)18-21-10-11-27-26(29-21)31-13-15-33-16-14-31/h6-11,17,23H,3-5,12-16,18H2,1-2H3. The minimum absolute atomic E-state index is 0.135. The first-order valence-corrected chi connectivity index (χ1v) is 12.1. The van der Waals surface area contributed by atoms with Crippen LogP contribution in [0.4, 0.5) is 5.95 Å². The van der Waals surface area contributed by atoms with Gasteiger partial charge in [0.1, 0.15) is 11.6 Å². The summed E-state index contributed by atoms with van der Waals surface area (Å²) in [4.78, 5) is 23.6. The summed E-state index contributed by atoms with van der Waals surface area (Å²) in [7, 11) is 0. The first-order valence-electron chi connectivity index (χ1n) is 12.1. The van der Waals surface area contributed by atoms with Crippen molar-refractivity contribution in [3.8, 4) is 11.6 Å². The Morgan fingerprint density at radius 2 is 1.79 bits per heavy atom. The Kier molecular flexibility index (Phi) is 6.97. The monoisotopic (exact) mass is 460 g/mol. The first kappa shape index (κ1) is 22.7. The van der Waals surface area contributed by atoms with Crippen molar-refractivity contribution in [2.75, 3.05) is 37.7 Å². The van der Waals surface area contributed by atoms with Gasteiger partial charge in [-0.2, -0.15) is 4.98 Å². The number of aryl methyl sites for hydroxylation is 2. The Labute approximate surface area is 201 Å². The molecule has 2 fully saturated rings. The average molecular weight is 461 g/mol. The number of benzene rings is 1. The lowest BCUT2D eigenvalue weighted by atomic mass is 10.0. The smallest absolute Gasteiger partial charge is 0.225 e. The second kappa shape index (κ2) is 10.4. The summed E-state index contributed by atoms with van der Waals surface area (Å²) in [5, 5.41) is 0. The van der Waals surface area contributed by atoms with Gasteiger partial charge in [0, 0.05) is 37.6 Å². The SMILES string of the molecule is Cc1ccc(Oc2cc(C)nc(C3CCCCN3Cc3ccnc(N4CCOCC4)n3)n2)cc1. The number of rotatable bonds is 6. The van der Waals surface area contributed by atoms with E-state index in [1.165, 1.54) is 5.56 Å². The lowest BCUT2D eigenvalue weighted by molar-refractivity contribution is 0.121. The number of hydrogen-bond donors (Lipinski definition) is 0. The van der Waals surface area contributed by atoms with E-state index in [0.717, 1.165) is 87.6 Å². The fraction of sp³-hybridized carbons (Fsp3) is 0.462. The van der Waals surface area contributed by atoms with Gasteiger partial charge in [-0.25, -0.2) is 15.0 Å². The average Bonchev–Trinajstić information content (AvgIpc) is 2.86. The van der Waals surface area contributed by atoms with Gasteiger partial charge in [0.25, 0.3) is 0 Å². The van der Waals surface area contributed by atoms with E-state index in [1.54, 1.807) is 0 Å². The third kappa shape index (κ3) is 5.51. The van der Waals surface area contributed by atoms with Crippen molar-refractivity contribution < 1.29 is 9.47 Å². The maximum atomic E-state index is 6.08. The molecular formula is C26H32N6O2. The van der Waals surface area contributed by atoms with Crippen LogP contribution in [0.5, 0.6) is 11.6 Å². The normalized spacial score (nSPS) is 19.2. The van der Waals surface area contributed by atoms with Crippen molar-refractivity contribution in [3.05, 3.63) is 65.4 Å². The van der Waals surface area contributed by atoms with Crippen molar-refractivity contribution in [2.24, 2.45) is 0 Å². The van der Waals surface area contributed by atoms with Crippen LogP contribution in [0, 0.1) is 13.8 Å². The maximum absolute atomic E-state index is 6.08. The van der Waals surface area contributed by atoms with Gasteiger partial charge in [0.15, 0.2) is 0 Å². The molecule has 5 rings (SSSR count). The highest BCUT2D eigenvalue weighted by atomic mass is 16.5. The van der Waals surface area contributed by atoms with E-state index < -0.39 is 0 Å². The number of nitrogens with zero attached hydrogens (tertiary/aromatic N) is 6. The van der Waals surface area contributed by atoms with Crippen molar-refractivity contribution >= 4 is 5.95 Å². The second-order valence-corrected chi connectivity index (χ2v) is 9.05. The summed E-state index contributed by atoms with van der Waals surface area (Å²) in [6.45, 7) is 8.91. The summed E-state index contributed by atoms with van der Waals surface area (Å²) in [6.07, 6.45) is 5.21. The summed E-state index contributed by atoms with van der Waals surface area (Å²) in [6, 6.07) is 12.1. The predicted molar refractivity (Wildman–Crippen MR) is 130 cm³/mol. The number of morpholine rings is 1. The van der Waals surface area contributed by atoms with Crippen LogP contribution >= 0.6 is 0 Å². The zero-order valence-electron chi connectivity index (χ0n) is 20.0. The number of aromatic nitrogens is 4. The zero-order chi connectivity index (χ0) is 23.3. The molecule has 0 radical (unpaired) electrons. The number of anilines is 1. The van der Waals surface area contributed by atoms with Crippen LogP contribution in [0.15, 0.2) is 42.6 Å². The molecule has 0 amide bonds. The maximum Gasteiger partial charge on any atom is 0.225 e. The van der Waals surface area contributed by atoms with Crippen LogP contribution in [0.3, 0.4) is 0 Å². The molecule has 0 saturated carbocycles. The molecular weight excluding hydrogens is 428 g/mol. The third-order valence-corrected chi connectivity index (χ3v) is 6.36. The van der Waals surface area contributed by atoms with E-state index in [1.807, 2.05) is 49.5 Å². The third-order valence-electron chi connectivity index (χ3n) is 6.36. The van der Waals surface area contributed by atoms with E-state index in [2.05, 4.69) is 21.7 Å². The van der Waals surface area contributed by atoms with Crippen molar-refractivity contribution in [1.29, 1.82) is 0 Å². The largest absolute Gasteiger partial charge is 0.439 e. The van der Waals surface area contributed by atoms with Gasteiger partial charge in [0.2, 0.25) is 11.8 Å². The van der Waals surface area contributed by atoms with Crippen LogP contribution in [0.2, 0.25) is 0 Å². The molecule has 8 nitrogen and oxygen atoms in total. The van der Waals surface area contributed by atoms with Crippen LogP contribution in [-0.2, 0) is 11.3 Å². The number of hydrogen-bond acceptors (Lipinski definition) is 8. The van der Waals surface area contributed by atoms with E-state index in [0.29, 0.717) is 5.88 Å². The fourth-order valence-electron chi connectivity index (χ4n) is 4.56. The molecule has 2 aliphatic rings. The molecule has 1 unspecified atom stereocenters. The molecule has 2 aromatic heterocycles. The molecule has 4 heterocycles. The quantitative estimate of drug-likeness (QED) is 0.541. The summed E-state index contributed by atoms with van der Waals surface area (Å²) in [5.74, 6) is 2.99. The Hall–Kier alpha value is -3.10. The highest BCUT2D eigenvalue weighted by Gasteiger charge is 2.28. The Bertz CT molecular complexity index is 1100. The lowest BCUT2D eigenvalue weighted by Crippen LogP contribution is -2.38.